The van der Waals surface area contributed by atoms with Gasteiger partial charge in [0.2, 0.25) is 0 Å². The number of halogens is 3. The van der Waals surface area contributed by atoms with E-state index in [9.17, 15) is 23.2 Å². The Morgan fingerprint density at radius 3 is 1.77 bits per heavy atom. The monoisotopic (exact) mass is 246 g/mol. The van der Waals surface area contributed by atoms with Gasteiger partial charge in [-0.2, -0.15) is 0 Å². The number of hydrogen-bond donors (Lipinski definition) is 1. The molecule has 1 rings (SSSR count). The van der Waals surface area contributed by atoms with Crippen molar-refractivity contribution >= 4 is 7.12 Å². The molecule has 0 bridgehead atoms. The predicted molar refractivity (Wildman–Crippen MR) is 25.4 cm³/mol. The summed E-state index contributed by atoms with van der Waals surface area (Å²) in [6.45, 7) is -1.48. The number of hydrogen-bond acceptors (Lipinski definition) is 3. The van der Waals surface area contributed by atoms with Gasteiger partial charge in [-0.25, -0.2) is 8.78 Å². The first-order valence-electron chi connectivity index (χ1n) is 2.85. The van der Waals surface area contributed by atoms with Crippen LogP contribution < -0.4 is 113 Å². The molecule has 1 aliphatic rings. The van der Waals surface area contributed by atoms with Crippen LogP contribution in [0.1, 0.15) is 0 Å². The van der Waals surface area contributed by atoms with Gasteiger partial charge >= 0.3 is 103 Å². The van der Waals surface area contributed by atoms with Crippen molar-refractivity contribution in [2.24, 2.45) is 0 Å². The Morgan fingerprint density at radius 1 is 1.31 bits per heavy atom. The molecule has 1 aliphatic carbocycles. The number of aliphatic hydroxyl groups is 1. The minimum Gasteiger partial charge on any atom is -0.891 e. The Bertz CT molecular complexity index is 188. The Hall–Kier alpha value is 3.01. The van der Waals surface area contributed by atoms with Gasteiger partial charge in [-0.05, 0) is 0 Å². The van der Waals surface area contributed by atoms with Crippen molar-refractivity contribution in [1.29, 1.82) is 0 Å². The number of aliphatic hydroxyl groups excluding tert-OH is 1. The minimum absolute atomic E-state index is 0. The van der Waals surface area contributed by atoms with Gasteiger partial charge in [0.05, 0.1) is 6.61 Å². The van der Waals surface area contributed by atoms with E-state index in [4.69, 9.17) is 5.11 Å². The fraction of sp³-hybridized carbons (Fsp3) is 1.00. The Morgan fingerprint density at radius 2 is 1.69 bits per heavy atom. The van der Waals surface area contributed by atoms with E-state index in [-0.39, 0.29) is 103 Å². The molecule has 0 aromatic heterocycles. The maximum atomic E-state index is 12.5. The Labute approximate surface area is 158 Å². The zero-order chi connectivity index (χ0) is 8.86. The second-order valence-corrected chi connectivity index (χ2v) is 2.48. The molecule has 1 saturated carbocycles. The third-order valence-corrected chi connectivity index (χ3v) is 1.90. The first-order chi connectivity index (χ1) is 4.91. The zero-order valence-electron chi connectivity index (χ0n) is 7.26. The van der Waals surface area contributed by atoms with Gasteiger partial charge < -0.3 is 15.2 Å². The molecule has 13 heavy (non-hydrogen) atoms. The summed E-state index contributed by atoms with van der Waals surface area (Å²) in [6.07, 6.45) is -2.79. The first kappa shape index (κ1) is 18.4. The van der Waals surface area contributed by atoms with Gasteiger partial charge in [-0.15, -0.1) is 0 Å². The van der Waals surface area contributed by atoms with Crippen molar-refractivity contribution in [2.45, 2.75) is 17.4 Å². The summed E-state index contributed by atoms with van der Waals surface area (Å²) in [7, 11) is -3.24. The second-order valence-electron chi connectivity index (χ2n) is 2.48. The average molecular weight is 246 g/mol. The van der Waals surface area contributed by atoms with Gasteiger partial charge in [0.15, 0.2) is 11.8 Å². The third kappa shape index (κ3) is 2.64. The summed E-state index contributed by atoms with van der Waals surface area (Å²) in [5, 5.41) is 27.8. The average Bonchev–Trinajstić information content (AvgIpc) is 2.39. The van der Waals surface area contributed by atoms with Crippen molar-refractivity contribution < 1.29 is 131 Å². The Balaban J connectivity index is 0. The largest absolute Gasteiger partial charge is 1.00 e. The fourth-order valence-corrected chi connectivity index (χ4v) is 0.956. The number of rotatable bonds is 2. The van der Waals surface area contributed by atoms with Gasteiger partial charge in [-0.1, -0.05) is 7.12 Å². The molecule has 1 unspecified atom stereocenters. The van der Waals surface area contributed by atoms with Crippen LogP contribution in [0.4, 0.5) is 13.2 Å². The summed E-state index contributed by atoms with van der Waals surface area (Å²) >= 11 is 0. The van der Waals surface area contributed by atoms with Crippen LogP contribution in [0.25, 0.3) is 0 Å². The van der Waals surface area contributed by atoms with E-state index in [0.29, 0.717) is 0 Å². The van der Waals surface area contributed by atoms with Crippen molar-refractivity contribution in [1.82, 2.24) is 0 Å². The molecule has 0 radical (unpaired) electrons. The molecule has 0 aromatic rings. The molecule has 0 amide bonds. The quantitative estimate of drug-likeness (QED) is 0.492. The van der Waals surface area contributed by atoms with Crippen LogP contribution in [0.2, 0.25) is 0 Å². The van der Waals surface area contributed by atoms with E-state index >= 15 is 0 Å². The van der Waals surface area contributed by atoms with E-state index in [1.54, 1.807) is 0 Å². The van der Waals surface area contributed by atoms with E-state index in [2.05, 4.69) is 0 Å². The van der Waals surface area contributed by atoms with Gasteiger partial charge in [0.25, 0.3) is 0 Å². The van der Waals surface area contributed by atoms with Gasteiger partial charge in [0.1, 0.15) is 5.57 Å². The SMILES string of the molecule is [K+].[K+].[O-]B([O-])[C@]1(F)C(F)[C@]1(F)CO. The molecular formula is C4H4BF3K2O3. The second kappa shape index (κ2) is 6.08. The molecule has 9 heteroatoms. The normalized spacial score (nSPS) is 41.5. The third-order valence-electron chi connectivity index (χ3n) is 1.90. The van der Waals surface area contributed by atoms with E-state index in [0.717, 1.165) is 0 Å². The fourth-order valence-electron chi connectivity index (χ4n) is 0.956. The molecule has 3 nitrogen and oxygen atoms in total. The molecule has 1 fully saturated rings. The predicted octanol–water partition coefficient (Wildman–Crippen LogP) is -8.50. The van der Waals surface area contributed by atoms with Crippen LogP contribution in [0.3, 0.4) is 0 Å². The summed E-state index contributed by atoms with van der Waals surface area (Å²) in [5.41, 5.74) is -6.86. The molecule has 0 aromatic carbocycles. The van der Waals surface area contributed by atoms with Crippen LogP contribution in [0.5, 0.6) is 0 Å². The number of alkyl halides is 3. The van der Waals surface area contributed by atoms with Crippen molar-refractivity contribution in [3.8, 4) is 0 Å². The topological polar surface area (TPSA) is 66.3 Å². The van der Waals surface area contributed by atoms with Crippen molar-refractivity contribution in [2.75, 3.05) is 6.61 Å². The summed E-state index contributed by atoms with van der Waals surface area (Å²) < 4.78 is 37.2. The first-order valence-corrected chi connectivity index (χ1v) is 2.85. The molecule has 0 aliphatic heterocycles. The van der Waals surface area contributed by atoms with Gasteiger partial charge in [-0.3, -0.25) is 4.39 Å². The van der Waals surface area contributed by atoms with Crippen molar-refractivity contribution in [3.05, 3.63) is 0 Å². The minimum atomic E-state index is -3.58. The zero-order valence-corrected chi connectivity index (χ0v) is 13.5. The van der Waals surface area contributed by atoms with E-state index in [1.165, 1.54) is 0 Å². The molecule has 0 spiro atoms. The summed E-state index contributed by atoms with van der Waals surface area (Å²) in [6, 6.07) is 0. The maximum absolute atomic E-state index is 12.5. The molecule has 3 atom stereocenters. The van der Waals surface area contributed by atoms with E-state index < -0.39 is 31.1 Å². The van der Waals surface area contributed by atoms with Gasteiger partial charge in [0, 0.05) is 0 Å². The molecule has 0 heterocycles. The van der Waals surface area contributed by atoms with Crippen LogP contribution in [-0.4, -0.2) is 36.2 Å². The van der Waals surface area contributed by atoms with Crippen LogP contribution in [0, 0.1) is 0 Å². The molecule has 1 N–H and O–H groups in total. The van der Waals surface area contributed by atoms with Crippen molar-refractivity contribution in [3.63, 3.8) is 0 Å². The maximum Gasteiger partial charge on any atom is 1.00 e. The van der Waals surface area contributed by atoms with E-state index in [1.807, 2.05) is 0 Å². The molecule has 64 valence electrons. The smallest absolute Gasteiger partial charge is 0.891 e. The summed E-state index contributed by atoms with van der Waals surface area (Å²) in [5.74, 6) is 0. The van der Waals surface area contributed by atoms with Crippen LogP contribution in [0.15, 0.2) is 0 Å². The van der Waals surface area contributed by atoms with Crippen LogP contribution >= 0.6 is 0 Å². The molecular weight excluding hydrogens is 242 g/mol. The molecule has 0 saturated heterocycles. The Kier molecular flexibility index (Phi) is 8.59. The summed E-state index contributed by atoms with van der Waals surface area (Å²) in [4.78, 5) is 0. The standard InChI is InChI=1S/C4H4BF3O3.2K/c6-2-3(7,1-9)4(2,8)5(10)11;;/h2,9H,1H2;;/q-2;2*+1/t2?,3-,4+;;/m1../s1. The van der Waals surface area contributed by atoms with Crippen LogP contribution in [-0.2, 0) is 0 Å².